The van der Waals surface area contributed by atoms with Gasteiger partial charge in [0.2, 0.25) is 0 Å². The molecule has 2 aromatic rings. The maximum Gasteiger partial charge on any atom is 0.0375 e. The standard InChI is InChI=1S/C14H12N6/c15-19-17-13-7-3-11(4-8-13)1-2-12-5-9-14(10-6-12)18-20-16/h3-10H,1-2H2. The van der Waals surface area contributed by atoms with Crippen molar-refractivity contribution in [3.8, 4) is 0 Å². The Morgan fingerprint density at radius 2 is 1.00 bits per heavy atom. The van der Waals surface area contributed by atoms with Crippen LogP contribution >= 0.6 is 0 Å². The van der Waals surface area contributed by atoms with Crippen molar-refractivity contribution >= 4 is 11.4 Å². The quantitative estimate of drug-likeness (QED) is 0.395. The van der Waals surface area contributed by atoms with Gasteiger partial charge in [-0.25, -0.2) is 0 Å². The predicted octanol–water partition coefficient (Wildman–Crippen LogP) is 5.36. The maximum absolute atomic E-state index is 8.33. The van der Waals surface area contributed by atoms with Gasteiger partial charge in [-0.15, -0.1) is 0 Å². The number of nitrogens with zero attached hydrogens (tertiary/aromatic N) is 6. The molecule has 0 saturated heterocycles. The first kappa shape index (κ1) is 13.5. The van der Waals surface area contributed by atoms with E-state index in [1.165, 1.54) is 11.1 Å². The summed E-state index contributed by atoms with van der Waals surface area (Å²) in [5.74, 6) is 0. The van der Waals surface area contributed by atoms with E-state index in [0.717, 1.165) is 12.8 Å². The molecule has 0 aliphatic rings. The number of benzene rings is 2. The molecule has 2 rings (SSSR count). The van der Waals surface area contributed by atoms with Crippen molar-refractivity contribution in [1.29, 1.82) is 0 Å². The van der Waals surface area contributed by atoms with E-state index in [1.54, 1.807) is 24.3 Å². The molecular formula is C14H12N6. The number of hydrogen-bond acceptors (Lipinski definition) is 2. The molecule has 6 heteroatoms. The normalized spacial score (nSPS) is 9.40. The second kappa shape index (κ2) is 6.85. The minimum absolute atomic E-state index is 0.620. The maximum atomic E-state index is 8.33. The fourth-order valence-electron chi connectivity index (χ4n) is 1.85. The topological polar surface area (TPSA) is 97.5 Å². The molecule has 0 aromatic heterocycles. The van der Waals surface area contributed by atoms with Crippen LogP contribution in [0.15, 0.2) is 58.8 Å². The van der Waals surface area contributed by atoms with Gasteiger partial charge in [0.25, 0.3) is 0 Å². The summed E-state index contributed by atoms with van der Waals surface area (Å²) in [7, 11) is 0. The van der Waals surface area contributed by atoms with Gasteiger partial charge in [-0.1, -0.05) is 58.8 Å². The van der Waals surface area contributed by atoms with Crippen molar-refractivity contribution in [2.24, 2.45) is 10.2 Å². The Morgan fingerprint density at radius 1 is 0.650 bits per heavy atom. The summed E-state index contributed by atoms with van der Waals surface area (Å²) in [4.78, 5) is 5.49. The van der Waals surface area contributed by atoms with Gasteiger partial charge < -0.3 is 0 Å². The number of azide groups is 2. The van der Waals surface area contributed by atoms with Crippen LogP contribution in [0.3, 0.4) is 0 Å². The summed E-state index contributed by atoms with van der Waals surface area (Å²) in [6, 6.07) is 15.0. The summed E-state index contributed by atoms with van der Waals surface area (Å²) >= 11 is 0. The summed E-state index contributed by atoms with van der Waals surface area (Å²) in [6.45, 7) is 0. The molecule has 0 bridgehead atoms. The average molecular weight is 264 g/mol. The van der Waals surface area contributed by atoms with Crippen LogP contribution in [0.4, 0.5) is 11.4 Å². The molecule has 0 amide bonds. The van der Waals surface area contributed by atoms with E-state index in [2.05, 4.69) is 20.1 Å². The van der Waals surface area contributed by atoms with Crippen molar-refractivity contribution in [3.05, 3.63) is 80.5 Å². The third-order valence-corrected chi connectivity index (χ3v) is 2.90. The number of aryl methyl sites for hydroxylation is 2. The number of hydrogen-bond donors (Lipinski definition) is 0. The SMILES string of the molecule is [N-]=[N+]=Nc1ccc(CCc2ccc(N=[N+]=[N-])cc2)cc1. The molecule has 2 aromatic carbocycles. The minimum Gasteiger partial charge on any atom is -0.0608 e. The fourth-order valence-corrected chi connectivity index (χ4v) is 1.85. The molecule has 6 nitrogen and oxygen atoms in total. The summed E-state index contributed by atoms with van der Waals surface area (Å²) in [5.41, 5.74) is 20.3. The van der Waals surface area contributed by atoms with Crippen LogP contribution in [-0.2, 0) is 12.8 Å². The summed E-state index contributed by atoms with van der Waals surface area (Å²) in [5, 5.41) is 7.07. The van der Waals surface area contributed by atoms with Crippen LogP contribution < -0.4 is 0 Å². The molecule has 0 aliphatic heterocycles. The van der Waals surface area contributed by atoms with E-state index in [1.807, 2.05) is 24.3 Å². The van der Waals surface area contributed by atoms with Gasteiger partial charge in [0.15, 0.2) is 0 Å². The van der Waals surface area contributed by atoms with Gasteiger partial charge in [0.05, 0.1) is 0 Å². The lowest BCUT2D eigenvalue weighted by Gasteiger charge is -2.03. The second-order valence-electron chi connectivity index (χ2n) is 4.21. The Kier molecular flexibility index (Phi) is 4.62. The lowest BCUT2D eigenvalue weighted by atomic mass is 10.0. The van der Waals surface area contributed by atoms with Crippen molar-refractivity contribution in [1.82, 2.24) is 0 Å². The summed E-state index contributed by atoms with van der Waals surface area (Å²) < 4.78 is 0. The highest BCUT2D eigenvalue weighted by atomic mass is 15.1. The third-order valence-electron chi connectivity index (χ3n) is 2.90. The first-order valence-corrected chi connectivity index (χ1v) is 6.10. The van der Waals surface area contributed by atoms with Crippen molar-refractivity contribution < 1.29 is 0 Å². The highest BCUT2D eigenvalue weighted by molar-refractivity contribution is 5.40. The zero-order valence-corrected chi connectivity index (χ0v) is 10.7. The average Bonchev–Trinajstić information content (AvgIpc) is 2.49. The van der Waals surface area contributed by atoms with Crippen LogP contribution in [0.5, 0.6) is 0 Å². The fraction of sp³-hybridized carbons (Fsp3) is 0.143. The zero-order valence-electron chi connectivity index (χ0n) is 10.7. The monoisotopic (exact) mass is 264 g/mol. The van der Waals surface area contributed by atoms with Gasteiger partial charge in [0.1, 0.15) is 0 Å². The van der Waals surface area contributed by atoms with Gasteiger partial charge in [0, 0.05) is 21.2 Å². The molecule has 0 saturated carbocycles. The lowest BCUT2D eigenvalue weighted by molar-refractivity contribution is 0.960. The first-order chi connectivity index (χ1) is 9.81. The van der Waals surface area contributed by atoms with Crippen LogP contribution in [0.25, 0.3) is 20.9 Å². The molecule has 98 valence electrons. The molecule has 0 unspecified atom stereocenters. The van der Waals surface area contributed by atoms with E-state index in [0.29, 0.717) is 11.4 Å². The van der Waals surface area contributed by atoms with Crippen molar-refractivity contribution in [2.45, 2.75) is 12.8 Å². The van der Waals surface area contributed by atoms with Crippen LogP contribution in [0, 0.1) is 0 Å². The van der Waals surface area contributed by atoms with Crippen LogP contribution in [0.2, 0.25) is 0 Å². The minimum atomic E-state index is 0.620. The predicted molar refractivity (Wildman–Crippen MR) is 77.9 cm³/mol. The van der Waals surface area contributed by atoms with Gasteiger partial charge in [-0.3, -0.25) is 0 Å². The van der Waals surface area contributed by atoms with Crippen LogP contribution in [0.1, 0.15) is 11.1 Å². The second-order valence-corrected chi connectivity index (χ2v) is 4.21. The van der Waals surface area contributed by atoms with Gasteiger partial charge in [-0.2, -0.15) is 0 Å². The Bertz CT molecular complexity index is 600. The van der Waals surface area contributed by atoms with Gasteiger partial charge in [-0.05, 0) is 35.0 Å². The molecular weight excluding hydrogens is 252 g/mol. The molecule has 20 heavy (non-hydrogen) atoms. The van der Waals surface area contributed by atoms with E-state index in [4.69, 9.17) is 11.1 Å². The first-order valence-electron chi connectivity index (χ1n) is 6.10. The molecule has 0 fully saturated rings. The smallest absolute Gasteiger partial charge is 0.0375 e. The lowest BCUT2D eigenvalue weighted by Crippen LogP contribution is -1.90. The molecule has 0 heterocycles. The van der Waals surface area contributed by atoms with E-state index in [-0.39, 0.29) is 0 Å². The highest BCUT2D eigenvalue weighted by Gasteiger charge is 1.97. The van der Waals surface area contributed by atoms with Crippen molar-refractivity contribution in [2.75, 3.05) is 0 Å². The number of rotatable bonds is 5. The Hall–Kier alpha value is -2.94. The van der Waals surface area contributed by atoms with E-state index < -0.39 is 0 Å². The highest BCUT2D eigenvalue weighted by Crippen LogP contribution is 2.17. The molecule has 0 atom stereocenters. The van der Waals surface area contributed by atoms with Crippen molar-refractivity contribution in [3.63, 3.8) is 0 Å². The third kappa shape index (κ3) is 3.78. The zero-order chi connectivity index (χ0) is 14.2. The molecule has 0 N–H and O–H groups in total. The van der Waals surface area contributed by atoms with E-state index >= 15 is 0 Å². The Labute approximate surface area is 115 Å². The van der Waals surface area contributed by atoms with Gasteiger partial charge >= 0.3 is 0 Å². The summed E-state index contributed by atoms with van der Waals surface area (Å²) in [6.07, 6.45) is 1.80. The molecule has 0 aliphatic carbocycles. The van der Waals surface area contributed by atoms with E-state index in [9.17, 15) is 0 Å². The molecule has 0 radical (unpaired) electrons. The largest absolute Gasteiger partial charge is 0.0608 e. The van der Waals surface area contributed by atoms with Crippen LogP contribution in [-0.4, -0.2) is 0 Å². The Balaban J connectivity index is 1.97. The Morgan fingerprint density at radius 3 is 1.30 bits per heavy atom. The molecule has 0 spiro atoms.